The zero-order valence-electron chi connectivity index (χ0n) is 19.5. The first-order valence-electron chi connectivity index (χ1n) is 12.3. The van der Waals surface area contributed by atoms with E-state index in [1.807, 2.05) is 97.1 Å². The van der Waals surface area contributed by atoms with Gasteiger partial charge in [-0.25, -0.2) is 0 Å². The number of carbonyl (C=O) groups excluding carboxylic acids is 2. The molecule has 2 atom stereocenters. The van der Waals surface area contributed by atoms with Gasteiger partial charge in [0, 0.05) is 34.1 Å². The zero-order chi connectivity index (χ0) is 24.2. The Labute approximate surface area is 209 Å². The number of rotatable bonds is 2. The fourth-order valence-corrected chi connectivity index (χ4v) is 6.05. The van der Waals surface area contributed by atoms with Crippen LogP contribution in [0.15, 0.2) is 121 Å². The second kappa shape index (κ2) is 8.00. The number of hydrogen-bond donors (Lipinski definition) is 0. The molecule has 0 radical (unpaired) electrons. The smallest absolute Gasteiger partial charge is 0.193 e. The molecule has 2 heteroatoms. The molecule has 2 aliphatic carbocycles. The maximum absolute atomic E-state index is 13.9. The van der Waals surface area contributed by atoms with E-state index in [9.17, 15) is 9.59 Å². The molecular formula is C34H22O2. The molecule has 2 nitrogen and oxygen atoms in total. The summed E-state index contributed by atoms with van der Waals surface area (Å²) in [6, 6.07) is 40.3. The van der Waals surface area contributed by atoms with Crippen molar-refractivity contribution in [3.63, 3.8) is 0 Å². The molecule has 0 aromatic heterocycles. The van der Waals surface area contributed by atoms with Crippen molar-refractivity contribution < 1.29 is 9.59 Å². The topological polar surface area (TPSA) is 34.1 Å². The van der Waals surface area contributed by atoms with Gasteiger partial charge < -0.3 is 0 Å². The lowest BCUT2D eigenvalue weighted by Crippen LogP contribution is -2.25. The van der Waals surface area contributed by atoms with Crippen molar-refractivity contribution in [2.45, 2.75) is 11.8 Å². The van der Waals surface area contributed by atoms with Gasteiger partial charge in [-0.15, -0.1) is 0 Å². The fourth-order valence-electron chi connectivity index (χ4n) is 6.05. The highest BCUT2D eigenvalue weighted by atomic mass is 16.1. The minimum atomic E-state index is -0.111. The van der Waals surface area contributed by atoms with Crippen molar-refractivity contribution >= 4 is 11.6 Å². The summed E-state index contributed by atoms with van der Waals surface area (Å²) in [6.07, 6.45) is 0. The lowest BCUT2D eigenvalue weighted by molar-refractivity contribution is 0.102. The van der Waals surface area contributed by atoms with Crippen LogP contribution in [0.25, 0.3) is 0 Å². The monoisotopic (exact) mass is 462 g/mol. The number of carbonyl (C=O) groups is 2. The highest BCUT2D eigenvalue weighted by Gasteiger charge is 2.38. The normalized spacial score (nSPS) is 17.6. The minimum Gasteiger partial charge on any atom is -0.289 e. The summed E-state index contributed by atoms with van der Waals surface area (Å²) in [5.74, 6) is -0.177. The average Bonchev–Trinajstić information content (AvgIpc) is 2.94. The van der Waals surface area contributed by atoms with Gasteiger partial charge in [0.05, 0.1) is 0 Å². The summed E-state index contributed by atoms with van der Waals surface area (Å²) in [4.78, 5) is 27.7. The van der Waals surface area contributed by atoms with Crippen molar-refractivity contribution in [1.82, 2.24) is 0 Å². The molecule has 0 N–H and O–H groups in total. The number of ketones is 2. The molecule has 0 aliphatic heterocycles. The van der Waals surface area contributed by atoms with Gasteiger partial charge in [-0.1, -0.05) is 109 Å². The Kier molecular flexibility index (Phi) is 4.62. The van der Waals surface area contributed by atoms with Crippen molar-refractivity contribution in [2.75, 3.05) is 0 Å². The highest BCUT2D eigenvalue weighted by molar-refractivity contribution is 6.17. The van der Waals surface area contributed by atoms with E-state index >= 15 is 0 Å². The molecule has 0 saturated carbocycles. The summed E-state index contributed by atoms with van der Waals surface area (Å²) in [5.41, 5.74) is 8.86. The molecule has 0 bridgehead atoms. The van der Waals surface area contributed by atoms with Crippen LogP contribution in [-0.2, 0) is 0 Å². The van der Waals surface area contributed by atoms with E-state index in [4.69, 9.17) is 0 Å². The molecule has 7 rings (SSSR count). The van der Waals surface area contributed by atoms with Gasteiger partial charge in [0.25, 0.3) is 0 Å². The Bertz CT molecular complexity index is 1540. The Balaban J connectivity index is 1.53. The maximum Gasteiger partial charge on any atom is 0.193 e. The highest BCUT2D eigenvalue weighted by Crippen LogP contribution is 2.47. The molecule has 170 valence electrons. The molecule has 0 amide bonds. The van der Waals surface area contributed by atoms with Gasteiger partial charge in [-0.3, -0.25) is 9.59 Å². The van der Waals surface area contributed by atoms with E-state index in [1.165, 1.54) is 0 Å². The van der Waals surface area contributed by atoms with Crippen molar-refractivity contribution in [3.05, 3.63) is 177 Å². The standard InChI is InChI=1S/C34H22O2/c35-33-25-17-9-7-15-23(25)31(21-11-3-1-4-12-21)27-19-30-28(20-29(27)33)32(22-13-5-2-6-14-22)24-16-8-10-18-26(24)34(30)36/h1-20,31-32H. The summed E-state index contributed by atoms with van der Waals surface area (Å²) >= 11 is 0. The van der Waals surface area contributed by atoms with Crippen LogP contribution in [0.1, 0.15) is 77.1 Å². The molecule has 2 aliphatic rings. The predicted octanol–water partition coefficient (Wildman–Crippen LogP) is 7.14. The molecule has 0 fully saturated rings. The van der Waals surface area contributed by atoms with Gasteiger partial charge >= 0.3 is 0 Å². The lowest BCUT2D eigenvalue weighted by Gasteiger charge is -2.33. The van der Waals surface area contributed by atoms with Crippen LogP contribution in [-0.4, -0.2) is 11.6 Å². The maximum atomic E-state index is 13.9. The van der Waals surface area contributed by atoms with Crippen molar-refractivity contribution in [1.29, 1.82) is 0 Å². The van der Waals surface area contributed by atoms with E-state index in [-0.39, 0.29) is 23.4 Å². The number of benzene rings is 5. The van der Waals surface area contributed by atoms with E-state index in [0.29, 0.717) is 11.1 Å². The second-order valence-electron chi connectivity index (χ2n) is 9.55. The minimum absolute atomic E-state index is 0.0219. The van der Waals surface area contributed by atoms with E-state index in [2.05, 4.69) is 24.3 Å². The van der Waals surface area contributed by atoms with Gasteiger partial charge in [-0.2, -0.15) is 0 Å². The summed E-state index contributed by atoms with van der Waals surface area (Å²) in [5, 5.41) is 0. The second-order valence-corrected chi connectivity index (χ2v) is 9.55. The lowest BCUT2D eigenvalue weighted by atomic mass is 9.69. The van der Waals surface area contributed by atoms with Crippen molar-refractivity contribution in [3.8, 4) is 0 Å². The van der Waals surface area contributed by atoms with Gasteiger partial charge in [0.1, 0.15) is 0 Å². The van der Waals surface area contributed by atoms with Crippen LogP contribution in [0.3, 0.4) is 0 Å². The Morgan fingerprint density at radius 2 is 0.722 bits per heavy atom. The van der Waals surface area contributed by atoms with Crippen LogP contribution in [0.5, 0.6) is 0 Å². The fraction of sp³-hybridized carbons (Fsp3) is 0.0588. The molecule has 0 spiro atoms. The third kappa shape index (κ3) is 2.98. The first kappa shape index (κ1) is 20.8. The molecule has 0 heterocycles. The molecule has 36 heavy (non-hydrogen) atoms. The van der Waals surface area contributed by atoms with Crippen LogP contribution < -0.4 is 0 Å². The van der Waals surface area contributed by atoms with E-state index < -0.39 is 0 Å². The van der Waals surface area contributed by atoms with Gasteiger partial charge in [0.15, 0.2) is 11.6 Å². The first-order chi connectivity index (χ1) is 17.7. The zero-order valence-corrected chi connectivity index (χ0v) is 19.5. The average molecular weight is 463 g/mol. The Morgan fingerprint density at radius 3 is 1.14 bits per heavy atom. The summed E-state index contributed by atoms with van der Waals surface area (Å²) in [7, 11) is 0. The van der Waals surface area contributed by atoms with Crippen LogP contribution in [0, 0.1) is 0 Å². The molecule has 0 saturated heterocycles. The molecule has 2 unspecified atom stereocenters. The van der Waals surface area contributed by atoms with Crippen LogP contribution in [0.2, 0.25) is 0 Å². The predicted molar refractivity (Wildman–Crippen MR) is 141 cm³/mol. The molecule has 5 aromatic carbocycles. The summed E-state index contributed by atoms with van der Waals surface area (Å²) < 4.78 is 0. The van der Waals surface area contributed by atoms with E-state index in [1.54, 1.807) is 0 Å². The largest absolute Gasteiger partial charge is 0.289 e. The number of fused-ring (bicyclic) bond motifs is 4. The van der Waals surface area contributed by atoms with Crippen molar-refractivity contribution in [2.24, 2.45) is 0 Å². The number of hydrogen-bond acceptors (Lipinski definition) is 2. The quantitative estimate of drug-likeness (QED) is 0.274. The van der Waals surface area contributed by atoms with Crippen LogP contribution >= 0.6 is 0 Å². The third-order valence-corrected chi connectivity index (χ3v) is 7.63. The molecular weight excluding hydrogens is 440 g/mol. The van der Waals surface area contributed by atoms with E-state index in [0.717, 1.165) is 44.5 Å². The summed E-state index contributed by atoms with van der Waals surface area (Å²) in [6.45, 7) is 0. The Hall–Kier alpha value is -4.56. The van der Waals surface area contributed by atoms with Crippen LogP contribution in [0.4, 0.5) is 0 Å². The van der Waals surface area contributed by atoms with Gasteiger partial charge in [0.2, 0.25) is 0 Å². The van der Waals surface area contributed by atoms with Gasteiger partial charge in [-0.05, 0) is 45.5 Å². The SMILES string of the molecule is O=C1c2ccccc2C(c2ccccc2)c2cc3c(cc21)C(c1ccccc1)c1ccccc1C3=O. The first-order valence-corrected chi connectivity index (χ1v) is 12.3. The third-order valence-electron chi connectivity index (χ3n) is 7.63. The Morgan fingerprint density at radius 1 is 0.361 bits per heavy atom. The molecule has 5 aromatic rings.